The summed E-state index contributed by atoms with van der Waals surface area (Å²) in [4.78, 5) is 34.3. The minimum absolute atomic E-state index is 0.0471. The average molecular weight is 374 g/mol. The van der Waals surface area contributed by atoms with E-state index in [1.165, 1.54) is 11.8 Å². The Hall–Kier alpha value is -2.06. The number of hydrogen-bond acceptors (Lipinski definition) is 6. The predicted octanol–water partition coefficient (Wildman–Crippen LogP) is 2.29. The predicted molar refractivity (Wildman–Crippen MR) is 100 cm³/mol. The first-order chi connectivity index (χ1) is 12.2. The summed E-state index contributed by atoms with van der Waals surface area (Å²) < 4.78 is 0. The molecule has 0 radical (unpaired) electrons. The first-order valence-electron chi connectivity index (χ1n) is 8.19. The lowest BCUT2D eigenvalue weighted by molar-refractivity contribution is -0.132. The highest BCUT2D eigenvalue weighted by molar-refractivity contribution is 8.01. The molecular weight excluding hydrogens is 356 g/mol. The zero-order valence-electron chi connectivity index (χ0n) is 13.6. The van der Waals surface area contributed by atoms with Gasteiger partial charge in [-0.05, 0) is 12.1 Å². The number of aromatic nitrogens is 1. The van der Waals surface area contributed by atoms with Gasteiger partial charge in [0.2, 0.25) is 11.8 Å². The van der Waals surface area contributed by atoms with Crippen LogP contribution in [0.15, 0.2) is 40.7 Å². The second kappa shape index (κ2) is 7.05. The van der Waals surface area contributed by atoms with Gasteiger partial charge in [-0.1, -0.05) is 12.1 Å². The molecule has 6 nitrogen and oxygen atoms in total. The van der Waals surface area contributed by atoms with Crippen molar-refractivity contribution in [2.24, 2.45) is 0 Å². The van der Waals surface area contributed by atoms with Crippen LogP contribution in [0.4, 0.5) is 10.8 Å². The fourth-order valence-corrected chi connectivity index (χ4v) is 4.83. The highest BCUT2D eigenvalue weighted by Crippen LogP contribution is 2.36. The molecule has 0 unspecified atom stereocenters. The summed E-state index contributed by atoms with van der Waals surface area (Å²) >= 11 is 3.09. The quantitative estimate of drug-likeness (QED) is 0.893. The van der Waals surface area contributed by atoms with E-state index in [2.05, 4.69) is 15.2 Å². The van der Waals surface area contributed by atoms with E-state index in [1.54, 1.807) is 17.5 Å². The van der Waals surface area contributed by atoms with Gasteiger partial charge in [-0.3, -0.25) is 9.59 Å². The topological polar surface area (TPSA) is 65.5 Å². The Kier molecular flexibility index (Phi) is 4.63. The Bertz CT molecular complexity index is 773. The van der Waals surface area contributed by atoms with E-state index >= 15 is 0 Å². The van der Waals surface area contributed by atoms with Crippen LogP contribution in [0.2, 0.25) is 0 Å². The summed E-state index contributed by atoms with van der Waals surface area (Å²) in [5.41, 5.74) is 0.832. The molecule has 2 aliphatic heterocycles. The molecule has 1 atom stereocenters. The lowest BCUT2D eigenvalue weighted by Crippen LogP contribution is -2.49. The number of hydrogen-bond donors (Lipinski definition) is 1. The maximum atomic E-state index is 12.6. The van der Waals surface area contributed by atoms with E-state index in [0.29, 0.717) is 13.1 Å². The molecule has 0 saturated carbocycles. The van der Waals surface area contributed by atoms with Crippen LogP contribution in [0, 0.1) is 0 Å². The molecule has 4 rings (SSSR count). The van der Waals surface area contributed by atoms with Gasteiger partial charge in [0.15, 0.2) is 5.13 Å². The molecule has 2 amide bonds. The SMILES string of the molecule is O=C1Nc2ccccc2S[C@@H]1CC(=O)N1CCN(c2nccs2)CC1. The third kappa shape index (κ3) is 3.50. The number of fused-ring (bicyclic) bond motifs is 1. The van der Waals surface area contributed by atoms with E-state index in [4.69, 9.17) is 0 Å². The maximum absolute atomic E-state index is 12.6. The van der Waals surface area contributed by atoms with Crippen LogP contribution in [0.3, 0.4) is 0 Å². The van der Waals surface area contributed by atoms with Crippen LogP contribution >= 0.6 is 23.1 Å². The molecule has 3 heterocycles. The third-order valence-electron chi connectivity index (χ3n) is 4.39. The van der Waals surface area contributed by atoms with E-state index in [0.717, 1.165) is 28.8 Å². The molecule has 130 valence electrons. The Morgan fingerprint density at radius 2 is 2.04 bits per heavy atom. The molecular formula is C17H18N4O2S2. The number of anilines is 2. The smallest absolute Gasteiger partial charge is 0.238 e. The summed E-state index contributed by atoms with van der Waals surface area (Å²) in [6.07, 6.45) is 2.04. The molecule has 2 aliphatic rings. The number of para-hydroxylation sites is 1. The summed E-state index contributed by atoms with van der Waals surface area (Å²) in [6.45, 7) is 2.92. The molecule has 1 fully saturated rings. The zero-order chi connectivity index (χ0) is 17.2. The van der Waals surface area contributed by atoms with Crippen molar-refractivity contribution >= 4 is 45.7 Å². The number of nitrogens with one attached hydrogen (secondary N) is 1. The summed E-state index contributed by atoms with van der Waals surface area (Å²) in [5, 5.41) is 5.50. The number of thiazole rings is 1. The number of rotatable bonds is 3. The average Bonchev–Trinajstić information content (AvgIpc) is 3.17. The van der Waals surface area contributed by atoms with Crippen molar-refractivity contribution in [1.29, 1.82) is 0 Å². The highest BCUT2D eigenvalue weighted by atomic mass is 32.2. The van der Waals surface area contributed by atoms with Gasteiger partial charge in [-0.25, -0.2) is 4.98 Å². The van der Waals surface area contributed by atoms with Crippen molar-refractivity contribution in [3.63, 3.8) is 0 Å². The molecule has 2 aromatic rings. The number of nitrogens with zero attached hydrogens (tertiary/aromatic N) is 3. The molecule has 1 saturated heterocycles. The number of carbonyl (C=O) groups excluding carboxylic acids is 2. The van der Waals surface area contributed by atoms with E-state index < -0.39 is 0 Å². The van der Waals surface area contributed by atoms with Gasteiger partial charge >= 0.3 is 0 Å². The fraction of sp³-hybridized carbons (Fsp3) is 0.353. The number of amides is 2. The van der Waals surface area contributed by atoms with E-state index in [-0.39, 0.29) is 23.5 Å². The second-order valence-corrected chi connectivity index (χ2v) is 8.10. The number of thioether (sulfide) groups is 1. The Morgan fingerprint density at radius 1 is 1.24 bits per heavy atom. The minimum Gasteiger partial charge on any atom is -0.345 e. The van der Waals surface area contributed by atoms with Crippen LogP contribution in [-0.2, 0) is 9.59 Å². The highest BCUT2D eigenvalue weighted by Gasteiger charge is 2.31. The monoisotopic (exact) mass is 374 g/mol. The lowest BCUT2D eigenvalue weighted by Gasteiger charge is -2.35. The Labute approximate surface area is 154 Å². The summed E-state index contributed by atoms with van der Waals surface area (Å²) in [5.74, 6) is -0.0377. The summed E-state index contributed by atoms with van der Waals surface area (Å²) in [6, 6.07) is 7.70. The molecule has 1 aromatic carbocycles. The first-order valence-corrected chi connectivity index (χ1v) is 9.95. The van der Waals surface area contributed by atoms with E-state index in [9.17, 15) is 9.59 Å². The van der Waals surface area contributed by atoms with Gasteiger partial charge in [0.1, 0.15) is 0 Å². The van der Waals surface area contributed by atoms with Gasteiger partial charge in [0, 0.05) is 49.1 Å². The molecule has 25 heavy (non-hydrogen) atoms. The van der Waals surface area contributed by atoms with Gasteiger partial charge in [0.05, 0.1) is 10.9 Å². The van der Waals surface area contributed by atoms with Crippen LogP contribution in [-0.4, -0.2) is 53.1 Å². The van der Waals surface area contributed by atoms with Crippen molar-refractivity contribution in [3.8, 4) is 0 Å². The fourth-order valence-electron chi connectivity index (χ4n) is 3.03. The van der Waals surface area contributed by atoms with Crippen LogP contribution in [0.5, 0.6) is 0 Å². The normalized spacial score (nSPS) is 20.2. The van der Waals surface area contributed by atoms with Gasteiger partial charge in [-0.15, -0.1) is 23.1 Å². The largest absolute Gasteiger partial charge is 0.345 e. The number of piperazine rings is 1. The maximum Gasteiger partial charge on any atom is 0.238 e. The standard InChI is InChI=1S/C17H18N4O2S2/c22-15(20-6-8-21(9-7-20)17-18-5-10-24-17)11-14-16(23)19-12-3-1-2-4-13(12)25-14/h1-5,10,14H,6-9,11H2,(H,19,23)/t14-/m1/s1. The molecule has 1 aromatic heterocycles. The number of carbonyl (C=O) groups is 2. The Morgan fingerprint density at radius 3 is 2.80 bits per heavy atom. The minimum atomic E-state index is -0.362. The van der Waals surface area contributed by atoms with Crippen molar-refractivity contribution in [1.82, 2.24) is 9.88 Å². The van der Waals surface area contributed by atoms with Crippen molar-refractivity contribution in [2.75, 3.05) is 36.4 Å². The van der Waals surface area contributed by atoms with Gasteiger partial charge in [-0.2, -0.15) is 0 Å². The van der Waals surface area contributed by atoms with E-state index in [1.807, 2.05) is 34.5 Å². The Balaban J connectivity index is 1.34. The molecule has 0 aliphatic carbocycles. The molecule has 0 spiro atoms. The first kappa shape index (κ1) is 16.4. The van der Waals surface area contributed by atoms with Crippen molar-refractivity contribution in [3.05, 3.63) is 35.8 Å². The molecule has 8 heteroatoms. The lowest BCUT2D eigenvalue weighted by atomic mass is 10.2. The molecule has 0 bridgehead atoms. The van der Waals surface area contributed by atoms with Crippen molar-refractivity contribution < 1.29 is 9.59 Å². The van der Waals surface area contributed by atoms with Gasteiger partial charge in [0.25, 0.3) is 0 Å². The van der Waals surface area contributed by atoms with Crippen LogP contribution in [0.25, 0.3) is 0 Å². The number of benzene rings is 1. The van der Waals surface area contributed by atoms with Crippen LogP contribution in [0.1, 0.15) is 6.42 Å². The zero-order valence-corrected chi connectivity index (χ0v) is 15.2. The van der Waals surface area contributed by atoms with Crippen LogP contribution < -0.4 is 10.2 Å². The molecule has 1 N–H and O–H groups in total. The second-order valence-electron chi connectivity index (χ2n) is 5.98. The third-order valence-corrected chi connectivity index (χ3v) is 6.50. The summed E-state index contributed by atoms with van der Waals surface area (Å²) in [7, 11) is 0. The van der Waals surface area contributed by atoms with Gasteiger partial charge < -0.3 is 15.1 Å². The van der Waals surface area contributed by atoms with Crippen molar-refractivity contribution in [2.45, 2.75) is 16.6 Å².